The largest absolute Gasteiger partial charge is 0.453 e. The Balaban J connectivity index is 4.85. The zero-order valence-corrected chi connectivity index (χ0v) is 6.54. The van der Waals surface area contributed by atoms with Crippen LogP contribution in [0.3, 0.4) is 0 Å². The van der Waals surface area contributed by atoms with Gasteiger partial charge in [0.2, 0.25) is 0 Å². The molecule has 0 aliphatic heterocycles. The van der Waals surface area contributed by atoms with E-state index in [1.807, 2.05) is 0 Å². The van der Waals surface area contributed by atoms with E-state index >= 15 is 0 Å². The average molecular weight is 192 g/mol. The molecule has 0 spiro atoms. The van der Waals surface area contributed by atoms with Crippen molar-refractivity contribution in [1.82, 2.24) is 0 Å². The Bertz CT molecular complexity index is 160. The lowest BCUT2D eigenvalue weighted by atomic mass is 9.86. The molecule has 0 heterocycles. The SMILES string of the molecule is CC(C)(CO)C(F)(F)C(F)(F)F. The molecule has 0 unspecified atom stereocenters. The molecule has 0 saturated heterocycles. The molecule has 0 fully saturated rings. The van der Waals surface area contributed by atoms with Crippen LogP contribution >= 0.6 is 0 Å². The maximum atomic E-state index is 12.4. The number of hydrogen-bond donors (Lipinski definition) is 1. The highest BCUT2D eigenvalue weighted by Crippen LogP contribution is 2.47. The summed E-state index contributed by atoms with van der Waals surface area (Å²) in [4.78, 5) is 0. The van der Waals surface area contributed by atoms with Crippen molar-refractivity contribution < 1.29 is 27.1 Å². The first-order valence-electron chi connectivity index (χ1n) is 3.11. The monoisotopic (exact) mass is 192 g/mol. The summed E-state index contributed by atoms with van der Waals surface area (Å²) >= 11 is 0. The van der Waals surface area contributed by atoms with Crippen LogP contribution in [0.2, 0.25) is 0 Å². The lowest BCUT2D eigenvalue weighted by molar-refractivity contribution is -0.325. The van der Waals surface area contributed by atoms with E-state index in [0.717, 1.165) is 0 Å². The van der Waals surface area contributed by atoms with Gasteiger partial charge in [-0.1, -0.05) is 13.8 Å². The van der Waals surface area contributed by atoms with Gasteiger partial charge in [-0.25, -0.2) is 0 Å². The summed E-state index contributed by atoms with van der Waals surface area (Å²) in [5.41, 5.74) is -2.48. The Kier molecular flexibility index (Phi) is 2.74. The minimum absolute atomic E-state index is 0.653. The summed E-state index contributed by atoms with van der Waals surface area (Å²) < 4.78 is 59.8. The molecule has 6 heteroatoms. The summed E-state index contributed by atoms with van der Waals surface area (Å²) in [5.74, 6) is -4.87. The molecule has 0 rings (SSSR count). The molecule has 0 radical (unpaired) electrons. The van der Waals surface area contributed by atoms with Crippen LogP contribution < -0.4 is 0 Å². The van der Waals surface area contributed by atoms with Crippen molar-refractivity contribution >= 4 is 0 Å². The van der Waals surface area contributed by atoms with Crippen molar-refractivity contribution in [3.63, 3.8) is 0 Å². The third kappa shape index (κ3) is 1.68. The first-order valence-corrected chi connectivity index (χ1v) is 3.11. The fourth-order valence-corrected chi connectivity index (χ4v) is 0.483. The molecule has 0 aromatic heterocycles. The van der Waals surface area contributed by atoms with Crippen molar-refractivity contribution in [2.45, 2.75) is 25.9 Å². The molecule has 12 heavy (non-hydrogen) atoms. The fourth-order valence-electron chi connectivity index (χ4n) is 0.483. The van der Waals surface area contributed by atoms with Crippen LogP contribution in [0.4, 0.5) is 22.0 Å². The Morgan fingerprint density at radius 1 is 1.00 bits per heavy atom. The predicted molar refractivity (Wildman–Crippen MR) is 31.9 cm³/mol. The maximum Gasteiger partial charge on any atom is 0.453 e. The molecule has 0 aliphatic carbocycles. The van der Waals surface area contributed by atoms with Gasteiger partial charge in [-0.3, -0.25) is 0 Å². The number of rotatable bonds is 2. The number of alkyl halides is 5. The lowest BCUT2D eigenvalue weighted by Gasteiger charge is -2.33. The van der Waals surface area contributed by atoms with Crippen LogP contribution in [0.1, 0.15) is 13.8 Å². The van der Waals surface area contributed by atoms with Gasteiger partial charge >= 0.3 is 12.1 Å². The summed E-state index contributed by atoms with van der Waals surface area (Å²) in [5, 5.41) is 8.31. The fraction of sp³-hybridized carbons (Fsp3) is 1.00. The maximum absolute atomic E-state index is 12.4. The minimum Gasteiger partial charge on any atom is -0.396 e. The number of aliphatic hydroxyl groups is 1. The smallest absolute Gasteiger partial charge is 0.396 e. The zero-order valence-electron chi connectivity index (χ0n) is 6.54. The molecule has 0 bridgehead atoms. The summed E-state index contributed by atoms with van der Waals surface area (Å²) in [7, 11) is 0. The van der Waals surface area contributed by atoms with Gasteiger partial charge in [0.05, 0.1) is 12.0 Å². The van der Waals surface area contributed by atoms with Crippen LogP contribution in [0.25, 0.3) is 0 Å². The Hall–Kier alpha value is -0.390. The lowest BCUT2D eigenvalue weighted by Crippen LogP contribution is -2.50. The first-order chi connectivity index (χ1) is 5.06. The Morgan fingerprint density at radius 2 is 1.33 bits per heavy atom. The second-order valence-corrected chi connectivity index (χ2v) is 3.11. The normalized spacial score (nSPS) is 15.0. The van der Waals surface area contributed by atoms with Crippen LogP contribution in [0.5, 0.6) is 0 Å². The van der Waals surface area contributed by atoms with Gasteiger partial charge in [-0.05, 0) is 0 Å². The molecule has 0 amide bonds. The zero-order chi connectivity index (χ0) is 10.2. The summed E-state index contributed by atoms with van der Waals surface area (Å²) in [6, 6.07) is 0. The quantitative estimate of drug-likeness (QED) is 0.665. The Labute approximate surface area is 66.2 Å². The van der Waals surface area contributed by atoms with Gasteiger partial charge in [0.1, 0.15) is 0 Å². The third-order valence-electron chi connectivity index (χ3n) is 1.60. The highest BCUT2D eigenvalue weighted by molar-refractivity contribution is 4.90. The van der Waals surface area contributed by atoms with Crippen molar-refractivity contribution in [2.75, 3.05) is 6.61 Å². The molecule has 0 aromatic carbocycles. The molecular weight excluding hydrogens is 183 g/mol. The molecular formula is C6H9F5O. The second-order valence-electron chi connectivity index (χ2n) is 3.11. The minimum atomic E-state index is -5.61. The van der Waals surface area contributed by atoms with Crippen LogP contribution in [0.15, 0.2) is 0 Å². The molecule has 1 N–H and O–H groups in total. The first kappa shape index (κ1) is 11.6. The van der Waals surface area contributed by atoms with Gasteiger partial charge in [0, 0.05) is 0 Å². The highest BCUT2D eigenvalue weighted by atomic mass is 19.4. The molecule has 0 atom stereocenters. The molecule has 0 aliphatic rings. The van der Waals surface area contributed by atoms with E-state index in [-0.39, 0.29) is 0 Å². The van der Waals surface area contributed by atoms with E-state index in [2.05, 4.69) is 0 Å². The molecule has 0 aromatic rings. The topological polar surface area (TPSA) is 20.2 Å². The van der Waals surface area contributed by atoms with Gasteiger partial charge in [-0.2, -0.15) is 22.0 Å². The molecule has 74 valence electrons. The van der Waals surface area contributed by atoms with E-state index < -0.39 is 24.1 Å². The number of halogens is 5. The van der Waals surface area contributed by atoms with Crippen LogP contribution in [-0.4, -0.2) is 23.8 Å². The van der Waals surface area contributed by atoms with Gasteiger partial charge in [0.15, 0.2) is 0 Å². The van der Waals surface area contributed by atoms with Crippen molar-refractivity contribution in [3.8, 4) is 0 Å². The molecule has 0 saturated carbocycles. The average Bonchev–Trinajstić information content (AvgIpc) is 1.85. The highest BCUT2D eigenvalue weighted by Gasteiger charge is 2.65. The summed E-state index contributed by atoms with van der Waals surface area (Å²) in [6.45, 7) is 0.0838. The standard InChI is InChI=1S/C6H9F5O/c1-4(2,3-12)5(7,8)6(9,10)11/h12H,3H2,1-2H3. The van der Waals surface area contributed by atoms with Crippen molar-refractivity contribution in [1.29, 1.82) is 0 Å². The predicted octanol–water partition coefficient (Wildman–Crippen LogP) is 2.20. The van der Waals surface area contributed by atoms with Gasteiger partial charge in [0.25, 0.3) is 0 Å². The molecule has 1 nitrogen and oxygen atoms in total. The van der Waals surface area contributed by atoms with Crippen LogP contribution in [0, 0.1) is 5.41 Å². The van der Waals surface area contributed by atoms with Crippen molar-refractivity contribution in [2.24, 2.45) is 5.41 Å². The van der Waals surface area contributed by atoms with Crippen molar-refractivity contribution in [3.05, 3.63) is 0 Å². The van der Waals surface area contributed by atoms with Crippen LogP contribution in [-0.2, 0) is 0 Å². The third-order valence-corrected chi connectivity index (χ3v) is 1.60. The van der Waals surface area contributed by atoms with Gasteiger partial charge in [-0.15, -0.1) is 0 Å². The van der Waals surface area contributed by atoms with E-state index in [0.29, 0.717) is 13.8 Å². The Morgan fingerprint density at radius 3 is 1.42 bits per heavy atom. The van der Waals surface area contributed by atoms with E-state index in [9.17, 15) is 22.0 Å². The van der Waals surface area contributed by atoms with E-state index in [4.69, 9.17) is 5.11 Å². The number of aliphatic hydroxyl groups excluding tert-OH is 1. The summed E-state index contributed by atoms with van der Waals surface area (Å²) in [6.07, 6.45) is -5.61. The van der Waals surface area contributed by atoms with Gasteiger partial charge < -0.3 is 5.11 Å². The van der Waals surface area contributed by atoms with E-state index in [1.165, 1.54) is 0 Å². The second kappa shape index (κ2) is 2.83. The number of hydrogen-bond acceptors (Lipinski definition) is 1. The van der Waals surface area contributed by atoms with E-state index in [1.54, 1.807) is 0 Å².